The fraction of sp³-hybridized carbons (Fsp3) is 0.278. The summed E-state index contributed by atoms with van der Waals surface area (Å²) in [6.45, 7) is 2.24. The lowest BCUT2D eigenvalue weighted by atomic mass is 10.1. The maximum atomic E-state index is 11.9. The molecule has 152 valence electrons. The van der Waals surface area contributed by atoms with E-state index in [4.69, 9.17) is 0 Å². The van der Waals surface area contributed by atoms with Gasteiger partial charge in [0.05, 0.1) is 23.3 Å². The largest absolute Gasteiger partial charge is 0.352 e. The van der Waals surface area contributed by atoms with Crippen LogP contribution in [0.15, 0.2) is 52.6 Å². The number of carbonyl (C=O) groups excluding carboxylic acids is 1. The molecule has 1 amide bonds. The van der Waals surface area contributed by atoms with Crippen LogP contribution in [-0.2, 0) is 21.2 Å². The van der Waals surface area contributed by atoms with Crippen LogP contribution in [0.1, 0.15) is 11.1 Å². The van der Waals surface area contributed by atoms with Gasteiger partial charge in [-0.05, 0) is 36.2 Å². The lowest BCUT2D eigenvalue weighted by Crippen LogP contribution is -2.41. The predicted molar refractivity (Wildman–Crippen MR) is 121 cm³/mol. The lowest BCUT2D eigenvalue weighted by molar-refractivity contribution is -0.115. The first-order valence-electron chi connectivity index (χ1n) is 8.23. The maximum Gasteiger partial charge on any atom is 0.243 e. The normalized spacial score (nSPS) is 11.3. The minimum absolute atomic E-state index is 0. The number of nitrogens with one attached hydrogen (secondary N) is 3. The average Bonchev–Trinajstić information content (AvgIpc) is 2.61. The lowest BCUT2D eigenvalue weighted by Gasteiger charge is -2.13. The van der Waals surface area contributed by atoms with E-state index in [1.807, 2.05) is 6.07 Å². The summed E-state index contributed by atoms with van der Waals surface area (Å²) >= 11 is 0. The Morgan fingerprint density at radius 2 is 1.96 bits per heavy atom. The third kappa shape index (κ3) is 7.43. The summed E-state index contributed by atoms with van der Waals surface area (Å²) in [5, 5.41) is 8.73. The van der Waals surface area contributed by atoms with Crippen LogP contribution in [-0.4, -0.2) is 45.1 Å². The number of sulfone groups is 1. The first-order chi connectivity index (χ1) is 12.8. The Morgan fingerprint density at radius 1 is 1.21 bits per heavy atom. The van der Waals surface area contributed by atoms with E-state index in [0.717, 1.165) is 5.56 Å². The van der Waals surface area contributed by atoms with Gasteiger partial charge in [0, 0.05) is 26.0 Å². The number of guanidine groups is 1. The molecule has 0 unspecified atom stereocenters. The van der Waals surface area contributed by atoms with Gasteiger partial charge in [-0.15, -0.1) is 24.0 Å². The van der Waals surface area contributed by atoms with Crippen LogP contribution in [0.4, 0.5) is 5.69 Å². The molecule has 28 heavy (non-hydrogen) atoms. The molecule has 0 bridgehead atoms. The van der Waals surface area contributed by atoms with E-state index >= 15 is 0 Å². The van der Waals surface area contributed by atoms with E-state index in [2.05, 4.69) is 25.9 Å². The minimum Gasteiger partial charge on any atom is -0.352 e. The van der Waals surface area contributed by atoms with Gasteiger partial charge in [-0.1, -0.05) is 12.1 Å². The van der Waals surface area contributed by atoms with Crippen LogP contribution in [0.25, 0.3) is 0 Å². The van der Waals surface area contributed by atoms with E-state index in [0.29, 0.717) is 28.7 Å². The van der Waals surface area contributed by atoms with Crippen molar-refractivity contribution in [1.29, 1.82) is 0 Å². The van der Waals surface area contributed by atoms with E-state index < -0.39 is 9.84 Å². The molecule has 0 saturated heterocycles. The van der Waals surface area contributed by atoms with Crippen LogP contribution in [0.5, 0.6) is 0 Å². The number of amides is 1. The summed E-state index contributed by atoms with van der Waals surface area (Å²) < 4.78 is 23.3. The Labute approximate surface area is 182 Å². The number of halogens is 1. The van der Waals surface area contributed by atoms with Crippen LogP contribution < -0.4 is 16.0 Å². The summed E-state index contributed by atoms with van der Waals surface area (Å²) in [7, 11) is -1.63. The minimum atomic E-state index is -3.24. The Balaban J connectivity index is 0.00000392. The number of pyridine rings is 1. The van der Waals surface area contributed by atoms with Gasteiger partial charge in [0.1, 0.15) is 0 Å². The van der Waals surface area contributed by atoms with Crippen LogP contribution in [0.3, 0.4) is 0 Å². The standard InChI is InChI=1S/C18H23N5O3S.HI/c1-13-9-14(6-7-16(13)27(3,25)26)10-21-18(19-2)22-12-17(24)23-15-5-4-8-20-11-15;/h4-9,11H,10,12H2,1-3H3,(H,23,24)(H2,19,21,22);1H. The molecule has 3 N–H and O–H groups in total. The number of aliphatic imine (C=N–C) groups is 1. The first-order valence-corrected chi connectivity index (χ1v) is 10.1. The summed E-state index contributed by atoms with van der Waals surface area (Å²) in [5.74, 6) is 0.237. The van der Waals surface area contributed by atoms with Gasteiger partial charge in [-0.3, -0.25) is 14.8 Å². The highest BCUT2D eigenvalue weighted by Gasteiger charge is 2.11. The Hall–Kier alpha value is -2.21. The van der Waals surface area contributed by atoms with Crippen molar-refractivity contribution < 1.29 is 13.2 Å². The van der Waals surface area contributed by atoms with Gasteiger partial charge < -0.3 is 16.0 Å². The van der Waals surface area contributed by atoms with Crippen molar-refractivity contribution in [1.82, 2.24) is 15.6 Å². The van der Waals surface area contributed by atoms with Crippen molar-refractivity contribution in [2.24, 2.45) is 4.99 Å². The molecule has 0 aliphatic rings. The second-order valence-corrected chi connectivity index (χ2v) is 7.93. The molecular weight excluding hydrogens is 493 g/mol. The summed E-state index contributed by atoms with van der Waals surface area (Å²) in [6.07, 6.45) is 4.38. The number of carbonyl (C=O) groups is 1. The molecule has 0 aliphatic carbocycles. The van der Waals surface area contributed by atoms with Crippen molar-refractivity contribution in [2.75, 3.05) is 25.2 Å². The highest BCUT2D eigenvalue weighted by Crippen LogP contribution is 2.16. The van der Waals surface area contributed by atoms with Gasteiger partial charge in [0.15, 0.2) is 15.8 Å². The monoisotopic (exact) mass is 517 g/mol. The molecular formula is C18H24IN5O3S. The van der Waals surface area contributed by atoms with Crippen molar-refractivity contribution >= 4 is 51.4 Å². The quantitative estimate of drug-likeness (QED) is 0.306. The molecule has 1 heterocycles. The van der Waals surface area contributed by atoms with Crippen molar-refractivity contribution in [3.63, 3.8) is 0 Å². The van der Waals surface area contributed by atoms with Gasteiger partial charge in [-0.2, -0.15) is 0 Å². The fourth-order valence-corrected chi connectivity index (χ4v) is 3.41. The Morgan fingerprint density at radius 3 is 2.54 bits per heavy atom. The molecule has 0 saturated carbocycles. The third-order valence-corrected chi connectivity index (χ3v) is 4.94. The maximum absolute atomic E-state index is 11.9. The van der Waals surface area contributed by atoms with E-state index in [1.165, 1.54) is 6.26 Å². The smallest absolute Gasteiger partial charge is 0.243 e. The molecule has 8 nitrogen and oxygen atoms in total. The zero-order valence-corrected chi connectivity index (χ0v) is 19.0. The van der Waals surface area contributed by atoms with Crippen molar-refractivity contribution in [3.8, 4) is 0 Å². The second-order valence-electron chi connectivity index (χ2n) is 5.94. The van der Waals surface area contributed by atoms with Crippen LogP contribution in [0.2, 0.25) is 0 Å². The van der Waals surface area contributed by atoms with Gasteiger partial charge in [0.25, 0.3) is 0 Å². The molecule has 0 atom stereocenters. The molecule has 0 aliphatic heterocycles. The average molecular weight is 517 g/mol. The SMILES string of the molecule is CN=C(NCC(=O)Nc1cccnc1)NCc1ccc(S(C)(=O)=O)c(C)c1.I. The second kappa shape index (κ2) is 11.0. The number of hydrogen-bond donors (Lipinski definition) is 3. The number of benzene rings is 1. The Kier molecular flexibility index (Phi) is 9.32. The molecule has 2 rings (SSSR count). The Bertz CT molecular complexity index is 933. The van der Waals surface area contributed by atoms with Crippen LogP contribution >= 0.6 is 24.0 Å². The summed E-state index contributed by atoms with van der Waals surface area (Å²) in [6, 6.07) is 8.64. The van der Waals surface area contributed by atoms with Gasteiger partial charge in [-0.25, -0.2) is 8.42 Å². The highest BCUT2D eigenvalue weighted by molar-refractivity contribution is 14.0. The number of rotatable bonds is 6. The van der Waals surface area contributed by atoms with Gasteiger partial charge in [0.2, 0.25) is 5.91 Å². The summed E-state index contributed by atoms with van der Waals surface area (Å²) in [5.41, 5.74) is 2.21. The third-order valence-electron chi connectivity index (χ3n) is 3.68. The molecule has 1 aromatic heterocycles. The van der Waals surface area contributed by atoms with Crippen LogP contribution in [0, 0.1) is 6.92 Å². The van der Waals surface area contributed by atoms with Crippen molar-refractivity contribution in [3.05, 3.63) is 53.9 Å². The number of aromatic nitrogens is 1. The predicted octanol–water partition coefficient (Wildman–Crippen LogP) is 1.72. The number of aryl methyl sites for hydroxylation is 1. The molecule has 0 spiro atoms. The molecule has 10 heteroatoms. The summed E-state index contributed by atoms with van der Waals surface area (Å²) in [4.78, 5) is 20.3. The molecule has 1 aromatic carbocycles. The molecule has 0 fully saturated rings. The zero-order valence-electron chi connectivity index (χ0n) is 15.9. The van der Waals surface area contributed by atoms with E-state index in [-0.39, 0.29) is 36.4 Å². The molecule has 0 radical (unpaired) electrons. The first kappa shape index (κ1) is 23.8. The number of nitrogens with zero attached hydrogens (tertiary/aromatic N) is 2. The van der Waals surface area contributed by atoms with Crippen molar-refractivity contribution in [2.45, 2.75) is 18.4 Å². The van der Waals surface area contributed by atoms with E-state index in [9.17, 15) is 13.2 Å². The number of hydrogen-bond acceptors (Lipinski definition) is 5. The number of anilines is 1. The molecule has 2 aromatic rings. The van der Waals surface area contributed by atoms with E-state index in [1.54, 1.807) is 50.6 Å². The highest BCUT2D eigenvalue weighted by atomic mass is 127. The topological polar surface area (TPSA) is 113 Å². The zero-order chi connectivity index (χ0) is 19.9. The fourth-order valence-electron chi connectivity index (χ4n) is 2.45. The van der Waals surface area contributed by atoms with Gasteiger partial charge >= 0.3 is 0 Å².